The van der Waals surface area contributed by atoms with E-state index in [-0.39, 0.29) is 11.8 Å². The minimum Gasteiger partial charge on any atom is -0.367 e. The fraction of sp³-hybridized carbons (Fsp3) is 0.350. The first-order valence-corrected chi connectivity index (χ1v) is 8.04. The highest BCUT2D eigenvalue weighted by molar-refractivity contribution is 5.82. The number of rotatable bonds is 7. The van der Waals surface area contributed by atoms with Crippen molar-refractivity contribution in [2.45, 2.75) is 25.9 Å². The van der Waals surface area contributed by atoms with Crippen LogP contribution >= 0.6 is 0 Å². The molecule has 3 heteroatoms. The van der Waals surface area contributed by atoms with Crippen LogP contribution in [0.15, 0.2) is 60.7 Å². The van der Waals surface area contributed by atoms with Gasteiger partial charge in [-0.05, 0) is 17.0 Å². The van der Waals surface area contributed by atoms with Gasteiger partial charge in [0.25, 0.3) is 5.91 Å². The molecule has 2 rings (SSSR count). The Hall–Kier alpha value is -2.13. The van der Waals surface area contributed by atoms with Gasteiger partial charge in [0.05, 0.1) is 0 Å². The summed E-state index contributed by atoms with van der Waals surface area (Å²) in [5, 5.41) is 3.05. The number of nitrogens with one attached hydrogen (secondary N) is 1. The smallest absolute Gasteiger partial charge is 0.253 e. The second-order valence-electron chi connectivity index (χ2n) is 6.03. The molecule has 23 heavy (non-hydrogen) atoms. The van der Waals surface area contributed by atoms with Crippen LogP contribution in [0.2, 0.25) is 0 Å². The van der Waals surface area contributed by atoms with Gasteiger partial charge in [0.15, 0.2) is 6.10 Å². The molecule has 0 aliphatic heterocycles. The zero-order valence-corrected chi connectivity index (χ0v) is 14.0. The maximum Gasteiger partial charge on any atom is 0.253 e. The van der Waals surface area contributed by atoms with E-state index in [0.29, 0.717) is 12.5 Å². The molecule has 0 spiro atoms. The van der Waals surface area contributed by atoms with E-state index in [2.05, 4.69) is 31.3 Å². The third-order valence-corrected chi connectivity index (χ3v) is 4.10. The molecule has 3 nitrogen and oxygen atoms in total. The molecule has 0 saturated heterocycles. The van der Waals surface area contributed by atoms with Crippen LogP contribution in [0.25, 0.3) is 0 Å². The Balaban J connectivity index is 2.04. The Bertz CT molecular complexity index is 596. The molecule has 0 radical (unpaired) electrons. The molecule has 2 atom stereocenters. The maximum absolute atomic E-state index is 12.5. The van der Waals surface area contributed by atoms with E-state index in [9.17, 15) is 4.79 Å². The van der Waals surface area contributed by atoms with Gasteiger partial charge in [-0.2, -0.15) is 0 Å². The van der Waals surface area contributed by atoms with Crippen molar-refractivity contribution in [2.75, 3.05) is 13.7 Å². The van der Waals surface area contributed by atoms with Crippen molar-refractivity contribution in [3.8, 4) is 0 Å². The first kappa shape index (κ1) is 17.2. The summed E-state index contributed by atoms with van der Waals surface area (Å²) in [5.74, 6) is 0.629. The summed E-state index contributed by atoms with van der Waals surface area (Å²) in [5.41, 5.74) is 2.12. The van der Waals surface area contributed by atoms with E-state index in [1.165, 1.54) is 5.56 Å². The van der Waals surface area contributed by atoms with E-state index in [4.69, 9.17) is 4.74 Å². The molecule has 0 saturated carbocycles. The second kappa shape index (κ2) is 8.49. The Morgan fingerprint density at radius 1 is 0.957 bits per heavy atom. The molecule has 0 heterocycles. The van der Waals surface area contributed by atoms with Crippen molar-refractivity contribution in [3.63, 3.8) is 0 Å². The van der Waals surface area contributed by atoms with Gasteiger partial charge < -0.3 is 10.1 Å². The number of methoxy groups -OCH3 is 1. The number of carbonyl (C=O) groups is 1. The normalized spacial score (nSPS) is 13.6. The van der Waals surface area contributed by atoms with Crippen LogP contribution in [0.4, 0.5) is 0 Å². The van der Waals surface area contributed by atoms with Gasteiger partial charge in [-0.25, -0.2) is 0 Å². The van der Waals surface area contributed by atoms with E-state index in [0.717, 1.165) is 5.56 Å². The molecular formula is C20H25NO2. The molecule has 1 amide bonds. The number of hydrogen-bond donors (Lipinski definition) is 1. The predicted molar refractivity (Wildman–Crippen MR) is 93.2 cm³/mol. The van der Waals surface area contributed by atoms with Crippen molar-refractivity contribution < 1.29 is 9.53 Å². The number of carbonyl (C=O) groups excluding carboxylic acids is 1. The quantitative estimate of drug-likeness (QED) is 0.841. The van der Waals surface area contributed by atoms with E-state index in [1.807, 2.05) is 48.5 Å². The zero-order chi connectivity index (χ0) is 16.7. The largest absolute Gasteiger partial charge is 0.367 e. The van der Waals surface area contributed by atoms with E-state index in [1.54, 1.807) is 7.11 Å². The topological polar surface area (TPSA) is 38.3 Å². The van der Waals surface area contributed by atoms with Crippen molar-refractivity contribution in [1.82, 2.24) is 5.32 Å². The lowest BCUT2D eigenvalue weighted by Gasteiger charge is -2.23. The van der Waals surface area contributed by atoms with Gasteiger partial charge in [-0.1, -0.05) is 74.5 Å². The molecule has 2 aromatic carbocycles. The van der Waals surface area contributed by atoms with Gasteiger partial charge >= 0.3 is 0 Å². The Morgan fingerprint density at radius 2 is 1.48 bits per heavy atom. The van der Waals surface area contributed by atoms with Crippen LogP contribution in [-0.2, 0) is 9.53 Å². The van der Waals surface area contributed by atoms with Gasteiger partial charge in [0, 0.05) is 19.6 Å². The number of hydrogen-bond acceptors (Lipinski definition) is 2. The standard InChI is InChI=1S/C20H25NO2/c1-15(2)18(16-10-6-4-7-11-16)14-21-20(22)19(23-3)17-12-8-5-9-13-17/h4-13,15,18-19H,14H2,1-3H3,(H,21,22)/t18-,19+/m1/s1. The highest BCUT2D eigenvalue weighted by Gasteiger charge is 2.22. The van der Waals surface area contributed by atoms with Gasteiger partial charge in [-0.15, -0.1) is 0 Å². The maximum atomic E-state index is 12.5. The summed E-state index contributed by atoms with van der Waals surface area (Å²) in [6.07, 6.45) is -0.570. The lowest BCUT2D eigenvalue weighted by Crippen LogP contribution is -2.34. The first-order chi connectivity index (χ1) is 11.1. The highest BCUT2D eigenvalue weighted by atomic mass is 16.5. The zero-order valence-electron chi connectivity index (χ0n) is 14.0. The lowest BCUT2D eigenvalue weighted by atomic mass is 9.88. The van der Waals surface area contributed by atoms with Crippen LogP contribution in [-0.4, -0.2) is 19.6 Å². The molecule has 0 bridgehead atoms. The summed E-state index contributed by atoms with van der Waals surface area (Å²) in [4.78, 5) is 12.5. The van der Waals surface area contributed by atoms with Gasteiger partial charge in [0.2, 0.25) is 0 Å². The summed E-state index contributed by atoms with van der Waals surface area (Å²) < 4.78 is 5.38. The summed E-state index contributed by atoms with van der Waals surface area (Å²) in [6, 6.07) is 19.9. The van der Waals surface area contributed by atoms with Crippen LogP contribution in [0.3, 0.4) is 0 Å². The Kier molecular flexibility index (Phi) is 6.36. The predicted octanol–water partition coefficient (Wildman–Crippen LogP) is 3.93. The summed E-state index contributed by atoms with van der Waals surface area (Å²) >= 11 is 0. The fourth-order valence-electron chi connectivity index (χ4n) is 2.76. The molecule has 2 aromatic rings. The van der Waals surface area contributed by atoms with Crippen molar-refractivity contribution in [3.05, 3.63) is 71.8 Å². The third-order valence-electron chi connectivity index (χ3n) is 4.10. The Morgan fingerprint density at radius 3 is 1.96 bits per heavy atom. The van der Waals surface area contributed by atoms with Gasteiger partial charge in [-0.3, -0.25) is 4.79 Å². The first-order valence-electron chi connectivity index (χ1n) is 8.04. The van der Waals surface area contributed by atoms with Crippen molar-refractivity contribution in [1.29, 1.82) is 0 Å². The minimum atomic E-state index is -0.570. The number of amides is 1. The average Bonchev–Trinajstić information content (AvgIpc) is 2.57. The SMILES string of the molecule is CO[C@H](C(=O)NC[C@@H](c1ccccc1)C(C)C)c1ccccc1. The molecule has 0 aromatic heterocycles. The van der Waals surface area contributed by atoms with Crippen LogP contribution in [0.1, 0.15) is 37.0 Å². The third kappa shape index (κ3) is 4.67. The van der Waals surface area contributed by atoms with Crippen LogP contribution in [0.5, 0.6) is 0 Å². The van der Waals surface area contributed by atoms with Crippen LogP contribution < -0.4 is 5.32 Å². The molecule has 0 fully saturated rings. The molecule has 122 valence electrons. The van der Waals surface area contributed by atoms with E-state index < -0.39 is 6.10 Å². The highest BCUT2D eigenvalue weighted by Crippen LogP contribution is 2.24. The molecular weight excluding hydrogens is 286 g/mol. The molecule has 0 aliphatic carbocycles. The summed E-state index contributed by atoms with van der Waals surface area (Å²) in [6.45, 7) is 4.96. The monoisotopic (exact) mass is 311 g/mol. The number of benzene rings is 2. The fourth-order valence-corrected chi connectivity index (χ4v) is 2.76. The van der Waals surface area contributed by atoms with Crippen LogP contribution in [0, 0.1) is 5.92 Å². The minimum absolute atomic E-state index is 0.0970. The van der Waals surface area contributed by atoms with Crippen molar-refractivity contribution >= 4 is 5.91 Å². The summed E-state index contributed by atoms with van der Waals surface area (Å²) in [7, 11) is 1.56. The lowest BCUT2D eigenvalue weighted by molar-refractivity contribution is -0.131. The Labute approximate surface area is 138 Å². The van der Waals surface area contributed by atoms with E-state index >= 15 is 0 Å². The van der Waals surface area contributed by atoms with Crippen molar-refractivity contribution in [2.24, 2.45) is 5.92 Å². The second-order valence-corrected chi connectivity index (χ2v) is 6.03. The molecule has 0 unspecified atom stereocenters. The molecule has 1 N–H and O–H groups in total. The van der Waals surface area contributed by atoms with Gasteiger partial charge in [0.1, 0.15) is 0 Å². The molecule has 0 aliphatic rings. The number of ether oxygens (including phenoxy) is 1. The average molecular weight is 311 g/mol.